The van der Waals surface area contributed by atoms with E-state index < -0.39 is 0 Å². The number of aromatic nitrogens is 2. The van der Waals surface area contributed by atoms with Crippen LogP contribution in [0.25, 0.3) is 0 Å². The molecule has 0 bridgehead atoms. The summed E-state index contributed by atoms with van der Waals surface area (Å²) in [5.41, 5.74) is 2.55. The van der Waals surface area contributed by atoms with Gasteiger partial charge in [-0.25, -0.2) is 0 Å². The van der Waals surface area contributed by atoms with Crippen LogP contribution in [0.4, 0.5) is 0 Å². The monoisotopic (exact) mass is 208 g/mol. The molecule has 84 valence electrons. The summed E-state index contributed by atoms with van der Waals surface area (Å²) in [5, 5.41) is 4.62. The van der Waals surface area contributed by atoms with Crippen LogP contribution < -0.4 is 0 Å². The van der Waals surface area contributed by atoms with Gasteiger partial charge in [0.1, 0.15) is 0 Å². The molecule has 1 saturated heterocycles. The number of nitrogens with zero attached hydrogens (tertiary/aromatic N) is 2. The lowest BCUT2D eigenvalue weighted by Crippen LogP contribution is -2.19. The lowest BCUT2D eigenvalue weighted by atomic mass is 10.1. The molecule has 0 aromatic carbocycles. The second-order valence-electron chi connectivity index (χ2n) is 4.65. The molecule has 0 atom stereocenters. The summed E-state index contributed by atoms with van der Waals surface area (Å²) in [6.45, 7) is 8.29. The molecule has 3 heteroatoms. The average Bonchev–Trinajstić information content (AvgIpc) is 2.62. The van der Waals surface area contributed by atoms with E-state index in [1.165, 1.54) is 11.3 Å². The van der Waals surface area contributed by atoms with E-state index in [4.69, 9.17) is 4.74 Å². The van der Waals surface area contributed by atoms with Crippen molar-refractivity contribution < 1.29 is 4.74 Å². The van der Waals surface area contributed by atoms with Gasteiger partial charge in [0.25, 0.3) is 0 Å². The second-order valence-corrected chi connectivity index (χ2v) is 4.65. The molecule has 0 aliphatic carbocycles. The van der Waals surface area contributed by atoms with Gasteiger partial charge in [-0.15, -0.1) is 0 Å². The maximum atomic E-state index is 5.36. The molecular weight excluding hydrogens is 188 g/mol. The molecule has 3 nitrogen and oxygen atoms in total. The lowest BCUT2D eigenvalue weighted by molar-refractivity contribution is 0.0661. The van der Waals surface area contributed by atoms with E-state index in [-0.39, 0.29) is 0 Å². The highest BCUT2D eigenvalue weighted by Gasteiger charge is 2.18. The number of hydrogen-bond donors (Lipinski definition) is 0. The maximum absolute atomic E-state index is 5.36. The third kappa shape index (κ3) is 2.23. The smallest absolute Gasteiger partial charge is 0.0628 e. The lowest BCUT2D eigenvalue weighted by Gasteiger charge is -2.22. The quantitative estimate of drug-likeness (QED) is 0.747. The summed E-state index contributed by atoms with van der Waals surface area (Å²) in [6.07, 6.45) is 4.41. The third-order valence-electron chi connectivity index (χ3n) is 3.14. The fraction of sp³-hybridized carbons (Fsp3) is 0.750. The van der Waals surface area contributed by atoms with Gasteiger partial charge in [0.05, 0.1) is 11.7 Å². The molecule has 2 heterocycles. The first-order valence-electron chi connectivity index (χ1n) is 5.82. The van der Waals surface area contributed by atoms with Gasteiger partial charge in [-0.2, -0.15) is 5.10 Å². The summed E-state index contributed by atoms with van der Waals surface area (Å²) < 4.78 is 7.51. The fourth-order valence-corrected chi connectivity index (χ4v) is 2.20. The van der Waals surface area contributed by atoms with Gasteiger partial charge < -0.3 is 4.74 Å². The van der Waals surface area contributed by atoms with Crippen molar-refractivity contribution in [2.75, 3.05) is 13.2 Å². The maximum Gasteiger partial charge on any atom is 0.0628 e. The minimum Gasteiger partial charge on any atom is -0.381 e. The standard InChI is InChI=1S/C12H20N2O/c1-9(2)12-8-14(13-10(12)3)11-4-6-15-7-5-11/h8-9,11H,4-7H2,1-3H3. The summed E-state index contributed by atoms with van der Waals surface area (Å²) in [5.74, 6) is 0.568. The van der Waals surface area contributed by atoms with Gasteiger partial charge >= 0.3 is 0 Å². The Labute approximate surface area is 91.4 Å². The van der Waals surface area contributed by atoms with Crippen LogP contribution in [0.2, 0.25) is 0 Å². The Balaban J connectivity index is 2.17. The Morgan fingerprint density at radius 3 is 2.60 bits per heavy atom. The van der Waals surface area contributed by atoms with Crippen molar-refractivity contribution in [3.8, 4) is 0 Å². The minimum absolute atomic E-state index is 0.546. The van der Waals surface area contributed by atoms with Crippen LogP contribution in [0.1, 0.15) is 49.9 Å². The van der Waals surface area contributed by atoms with E-state index in [0.717, 1.165) is 26.1 Å². The van der Waals surface area contributed by atoms with Gasteiger partial charge in [-0.05, 0) is 31.2 Å². The first kappa shape index (κ1) is 10.7. The highest BCUT2D eigenvalue weighted by Crippen LogP contribution is 2.24. The Bertz CT molecular complexity index is 324. The van der Waals surface area contributed by atoms with Crippen LogP contribution in [0.5, 0.6) is 0 Å². The summed E-state index contributed by atoms with van der Waals surface area (Å²) in [6, 6.07) is 0.546. The van der Waals surface area contributed by atoms with Crippen LogP contribution in [-0.2, 0) is 4.74 Å². The fourth-order valence-electron chi connectivity index (χ4n) is 2.20. The van der Waals surface area contributed by atoms with Crippen LogP contribution in [0, 0.1) is 6.92 Å². The van der Waals surface area contributed by atoms with Crippen LogP contribution >= 0.6 is 0 Å². The average molecular weight is 208 g/mol. The Morgan fingerprint density at radius 2 is 2.07 bits per heavy atom. The Hall–Kier alpha value is -0.830. The highest BCUT2D eigenvalue weighted by molar-refractivity contribution is 5.19. The number of aryl methyl sites for hydroxylation is 1. The zero-order chi connectivity index (χ0) is 10.8. The number of ether oxygens (including phenoxy) is 1. The first-order valence-corrected chi connectivity index (χ1v) is 5.82. The molecule has 0 amide bonds. The zero-order valence-corrected chi connectivity index (χ0v) is 9.86. The largest absolute Gasteiger partial charge is 0.381 e. The van der Waals surface area contributed by atoms with E-state index in [2.05, 4.69) is 36.7 Å². The molecule has 2 rings (SSSR count). The number of hydrogen-bond acceptors (Lipinski definition) is 2. The normalized spacial score (nSPS) is 18.7. The van der Waals surface area contributed by atoms with Crippen molar-refractivity contribution in [3.05, 3.63) is 17.5 Å². The van der Waals surface area contributed by atoms with Crippen molar-refractivity contribution >= 4 is 0 Å². The molecule has 1 aliphatic rings. The van der Waals surface area contributed by atoms with E-state index in [9.17, 15) is 0 Å². The first-order chi connectivity index (χ1) is 7.18. The predicted octanol–water partition coefficient (Wildman–Crippen LogP) is 2.67. The molecule has 0 saturated carbocycles. The highest BCUT2D eigenvalue weighted by atomic mass is 16.5. The van der Waals surface area contributed by atoms with Gasteiger partial charge in [-0.1, -0.05) is 13.8 Å². The van der Waals surface area contributed by atoms with Crippen LogP contribution in [-0.4, -0.2) is 23.0 Å². The molecule has 0 radical (unpaired) electrons. The molecule has 0 unspecified atom stereocenters. The van der Waals surface area contributed by atoms with Gasteiger partial charge in [-0.3, -0.25) is 4.68 Å². The van der Waals surface area contributed by atoms with E-state index >= 15 is 0 Å². The van der Waals surface area contributed by atoms with Crippen molar-refractivity contribution in [1.29, 1.82) is 0 Å². The van der Waals surface area contributed by atoms with Crippen molar-refractivity contribution in [2.24, 2.45) is 0 Å². The molecular formula is C12H20N2O. The molecule has 15 heavy (non-hydrogen) atoms. The Kier molecular flexibility index (Phi) is 3.10. The van der Waals surface area contributed by atoms with Crippen LogP contribution in [0.3, 0.4) is 0 Å². The van der Waals surface area contributed by atoms with Crippen molar-refractivity contribution in [2.45, 2.75) is 45.6 Å². The molecule has 0 N–H and O–H groups in total. The van der Waals surface area contributed by atoms with Gasteiger partial charge in [0, 0.05) is 19.4 Å². The molecule has 0 spiro atoms. The van der Waals surface area contributed by atoms with E-state index in [1.54, 1.807) is 0 Å². The molecule has 1 aromatic heterocycles. The van der Waals surface area contributed by atoms with Crippen molar-refractivity contribution in [3.63, 3.8) is 0 Å². The van der Waals surface area contributed by atoms with Crippen molar-refractivity contribution in [1.82, 2.24) is 9.78 Å². The SMILES string of the molecule is Cc1nn(C2CCOCC2)cc1C(C)C. The summed E-state index contributed by atoms with van der Waals surface area (Å²) in [4.78, 5) is 0. The second kappa shape index (κ2) is 4.35. The minimum atomic E-state index is 0.546. The van der Waals surface area contributed by atoms with Gasteiger partial charge in [0.2, 0.25) is 0 Å². The van der Waals surface area contributed by atoms with Crippen LogP contribution in [0.15, 0.2) is 6.20 Å². The van der Waals surface area contributed by atoms with E-state index in [0.29, 0.717) is 12.0 Å². The molecule has 1 aromatic rings. The number of rotatable bonds is 2. The topological polar surface area (TPSA) is 27.1 Å². The zero-order valence-electron chi connectivity index (χ0n) is 9.86. The predicted molar refractivity (Wildman–Crippen MR) is 60.1 cm³/mol. The summed E-state index contributed by atoms with van der Waals surface area (Å²) >= 11 is 0. The summed E-state index contributed by atoms with van der Waals surface area (Å²) in [7, 11) is 0. The molecule has 1 fully saturated rings. The van der Waals surface area contributed by atoms with Gasteiger partial charge in [0.15, 0.2) is 0 Å². The molecule has 1 aliphatic heterocycles. The third-order valence-corrected chi connectivity index (χ3v) is 3.14. The van der Waals surface area contributed by atoms with E-state index in [1.807, 2.05) is 0 Å². The Morgan fingerprint density at radius 1 is 1.40 bits per heavy atom.